The Balaban J connectivity index is 1.87. The third-order valence-corrected chi connectivity index (χ3v) is 3.83. The van der Waals surface area contributed by atoms with Gasteiger partial charge in [0.05, 0.1) is 13.3 Å². The van der Waals surface area contributed by atoms with Crippen molar-refractivity contribution in [1.82, 2.24) is 0 Å². The van der Waals surface area contributed by atoms with Crippen LogP contribution in [-0.4, -0.2) is 19.5 Å². The molecule has 0 saturated heterocycles. The van der Waals surface area contributed by atoms with Crippen LogP contribution in [0, 0.1) is 6.92 Å². The zero-order valence-corrected chi connectivity index (χ0v) is 13.2. The molecule has 1 unspecified atom stereocenters. The van der Waals surface area contributed by atoms with E-state index in [1.807, 2.05) is 44.3 Å². The first-order chi connectivity index (χ1) is 9.54. The number of carbonyl (C=O) groups excluding carboxylic acids is 1. The van der Waals surface area contributed by atoms with E-state index in [1.54, 1.807) is 6.26 Å². The molecule has 1 amide bonds. The van der Waals surface area contributed by atoms with Gasteiger partial charge >= 0.3 is 0 Å². The fourth-order valence-corrected chi connectivity index (χ4v) is 2.30. The van der Waals surface area contributed by atoms with Gasteiger partial charge < -0.3 is 14.6 Å². The van der Waals surface area contributed by atoms with Gasteiger partial charge in [-0.2, -0.15) is 0 Å². The van der Waals surface area contributed by atoms with E-state index in [2.05, 4.69) is 21.2 Å². The fourth-order valence-electron chi connectivity index (χ4n) is 1.92. The van der Waals surface area contributed by atoms with E-state index >= 15 is 0 Å². The van der Waals surface area contributed by atoms with Gasteiger partial charge in [0.25, 0.3) is 5.91 Å². The summed E-state index contributed by atoms with van der Waals surface area (Å²) < 4.78 is 6.27. The third-order valence-electron chi connectivity index (χ3n) is 2.97. The summed E-state index contributed by atoms with van der Waals surface area (Å²) in [6.07, 6.45) is 1.65. The van der Waals surface area contributed by atoms with Crippen molar-refractivity contribution in [2.24, 2.45) is 0 Å². The number of hydrogen-bond acceptors (Lipinski definition) is 2. The minimum absolute atomic E-state index is 0.00944. The quantitative estimate of drug-likeness (QED) is 0.876. The van der Waals surface area contributed by atoms with E-state index < -0.39 is 0 Å². The maximum Gasteiger partial charge on any atom is 0.279 e. The second-order valence-electron chi connectivity index (χ2n) is 4.90. The van der Waals surface area contributed by atoms with Crippen molar-refractivity contribution >= 4 is 27.5 Å². The number of benzene rings is 1. The molecule has 2 aromatic rings. The van der Waals surface area contributed by atoms with E-state index in [4.69, 9.17) is 4.42 Å². The normalized spacial score (nSPS) is 12.2. The number of quaternary nitrogens is 1. The maximum absolute atomic E-state index is 12.0. The summed E-state index contributed by atoms with van der Waals surface area (Å²) in [4.78, 5) is 13.0. The molecule has 2 rings (SSSR count). The molecular formula is C15H18BrN2O2+. The van der Waals surface area contributed by atoms with Crippen LogP contribution >= 0.6 is 15.9 Å². The van der Waals surface area contributed by atoms with Crippen LogP contribution in [0.5, 0.6) is 0 Å². The van der Waals surface area contributed by atoms with Gasteiger partial charge in [-0.25, -0.2) is 0 Å². The second kappa shape index (κ2) is 6.72. The first-order valence-corrected chi connectivity index (χ1v) is 7.23. The van der Waals surface area contributed by atoms with Crippen molar-refractivity contribution in [2.45, 2.75) is 13.5 Å². The number of amides is 1. The topological polar surface area (TPSA) is 46.7 Å². The van der Waals surface area contributed by atoms with Crippen LogP contribution in [0.1, 0.15) is 11.3 Å². The molecule has 0 radical (unpaired) electrons. The molecule has 0 saturated carbocycles. The van der Waals surface area contributed by atoms with Crippen LogP contribution in [0.3, 0.4) is 0 Å². The van der Waals surface area contributed by atoms with Gasteiger partial charge in [0, 0.05) is 10.2 Å². The molecule has 0 aliphatic rings. The predicted molar refractivity (Wildman–Crippen MR) is 81.7 cm³/mol. The van der Waals surface area contributed by atoms with E-state index in [0.29, 0.717) is 13.1 Å². The van der Waals surface area contributed by atoms with Crippen molar-refractivity contribution in [3.8, 4) is 0 Å². The van der Waals surface area contributed by atoms with Crippen LogP contribution in [0.2, 0.25) is 0 Å². The summed E-state index contributed by atoms with van der Waals surface area (Å²) in [5.41, 5.74) is 1.95. The smallest absolute Gasteiger partial charge is 0.279 e. The Kier molecular flexibility index (Phi) is 4.98. The number of rotatable bonds is 5. The summed E-state index contributed by atoms with van der Waals surface area (Å²) in [7, 11) is 1.97. The van der Waals surface area contributed by atoms with Gasteiger partial charge in [0.15, 0.2) is 12.3 Å². The minimum atomic E-state index is -0.00944. The van der Waals surface area contributed by atoms with Gasteiger partial charge in [-0.3, -0.25) is 4.79 Å². The number of halogens is 1. The fraction of sp³-hybridized carbons (Fsp3) is 0.267. The molecule has 1 aromatic carbocycles. The predicted octanol–water partition coefficient (Wildman–Crippen LogP) is 2.00. The zero-order valence-electron chi connectivity index (χ0n) is 11.6. The molecule has 0 fully saturated rings. The molecule has 4 nitrogen and oxygen atoms in total. The first kappa shape index (κ1) is 14.8. The van der Waals surface area contributed by atoms with Crippen molar-refractivity contribution < 1.29 is 14.1 Å². The molecule has 1 atom stereocenters. The Morgan fingerprint density at radius 3 is 2.85 bits per heavy atom. The van der Waals surface area contributed by atoms with Gasteiger partial charge in [-0.15, -0.1) is 0 Å². The van der Waals surface area contributed by atoms with Crippen LogP contribution in [-0.2, 0) is 11.3 Å². The minimum Gasteiger partial charge on any atom is -0.463 e. The molecule has 0 spiro atoms. The van der Waals surface area contributed by atoms with E-state index in [9.17, 15) is 4.79 Å². The van der Waals surface area contributed by atoms with E-state index in [1.165, 1.54) is 0 Å². The van der Waals surface area contributed by atoms with Gasteiger partial charge in [-0.1, -0.05) is 22.0 Å². The van der Waals surface area contributed by atoms with Crippen LogP contribution in [0.15, 0.2) is 45.5 Å². The van der Waals surface area contributed by atoms with Crippen molar-refractivity contribution in [3.63, 3.8) is 0 Å². The highest BCUT2D eigenvalue weighted by Gasteiger charge is 2.12. The Labute approximate surface area is 126 Å². The molecule has 106 valence electrons. The van der Waals surface area contributed by atoms with Crippen LogP contribution in [0.4, 0.5) is 5.69 Å². The lowest BCUT2D eigenvalue weighted by molar-refractivity contribution is -0.886. The number of anilines is 1. The molecule has 0 aliphatic heterocycles. The standard InChI is InChI=1S/C15H17BrN2O2/c1-11-5-6-12(8-14(11)16)17-15(19)10-18(2)9-13-4-3-7-20-13/h3-8H,9-10H2,1-2H3,(H,17,19)/p+1. The van der Waals surface area contributed by atoms with Crippen LogP contribution < -0.4 is 10.2 Å². The number of nitrogens with one attached hydrogen (secondary N) is 2. The molecule has 2 N–H and O–H groups in total. The highest BCUT2D eigenvalue weighted by molar-refractivity contribution is 9.10. The van der Waals surface area contributed by atoms with Crippen molar-refractivity contribution in [2.75, 3.05) is 18.9 Å². The van der Waals surface area contributed by atoms with Crippen molar-refractivity contribution in [1.29, 1.82) is 0 Å². The molecule has 0 aliphatic carbocycles. The lowest BCUT2D eigenvalue weighted by atomic mass is 10.2. The Morgan fingerprint density at radius 1 is 1.40 bits per heavy atom. The molecular weight excluding hydrogens is 320 g/mol. The molecule has 20 heavy (non-hydrogen) atoms. The molecule has 5 heteroatoms. The van der Waals surface area contributed by atoms with Crippen molar-refractivity contribution in [3.05, 3.63) is 52.4 Å². The summed E-state index contributed by atoms with van der Waals surface area (Å²) >= 11 is 3.46. The largest absolute Gasteiger partial charge is 0.463 e. The van der Waals surface area contributed by atoms with Crippen LogP contribution in [0.25, 0.3) is 0 Å². The Hall–Kier alpha value is -1.59. The molecule has 1 aromatic heterocycles. The number of aryl methyl sites for hydroxylation is 1. The number of likely N-dealkylation sites (N-methyl/N-ethyl adjacent to an activating group) is 1. The average molecular weight is 338 g/mol. The first-order valence-electron chi connectivity index (χ1n) is 6.44. The van der Waals surface area contributed by atoms with E-state index in [-0.39, 0.29) is 5.91 Å². The van der Waals surface area contributed by atoms with E-state index in [0.717, 1.165) is 26.4 Å². The number of hydrogen-bond donors (Lipinski definition) is 2. The SMILES string of the molecule is Cc1ccc(NC(=O)C[NH+](C)Cc2ccco2)cc1Br. The Bertz CT molecular complexity index is 582. The zero-order chi connectivity index (χ0) is 14.5. The summed E-state index contributed by atoms with van der Waals surface area (Å²) in [5, 5.41) is 2.90. The van der Waals surface area contributed by atoms with Gasteiger partial charge in [0.2, 0.25) is 0 Å². The molecule has 1 heterocycles. The Morgan fingerprint density at radius 2 is 2.20 bits per heavy atom. The average Bonchev–Trinajstić information content (AvgIpc) is 2.86. The van der Waals surface area contributed by atoms with Gasteiger partial charge in [-0.05, 0) is 36.8 Å². The monoisotopic (exact) mass is 337 g/mol. The number of furan rings is 1. The summed E-state index contributed by atoms with van der Waals surface area (Å²) in [6.45, 7) is 3.10. The molecule has 0 bridgehead atoms. The summed E-state index contributed by atoms with van der Waals surface area (Å²) in [6, 6.07) is 9.55. The second-order valence-corrected chi connectivity index (χ2v) is 5.76. The summed E-state index contributed by atoms with van der Waals surface area (Å²) in [5.74, 6) is 0.873. The maximum atomic E-state index is 12.0. The van der Waals surface area contributed by atoms with Gasteiger partial charge in [0.1, 0.15) is 6.54 Å². The third kappa shape index (κ3) is 4.21. The lowest BCUT2D eigenvalue weighted by Crippen LogP contribution is -3.08. The highest BCUT2D eigenvalue weighted by atomic mass is 79.9. The number of carbonyl (C=O) groups is 1. The highest BCUT2D eigenvalue weighted by Crippen LogP contribution is 2.20. The lowest BCUT2D eigenvalue weighted by Gasteiger charge is -2.12.